The summed E-state index contributed by atoms with van der Waals surface area (Å²) in [6.45, 7) is 0.570. The molecule has 0 rings (SSSR count). The van der Waals surface area contributed by atoms with Crippen molar-refractivity contribution in [1.29, 1.82) is 0 Å². The molecule has 0 aliphatic carbocycles. The van der Waals surface area contributed by atoms with E-state index in [-0.39, 0.29) is 18.3 Å². The Kier molecular flexibility index (Phi) is 7.52. The molecule has 4 nitrogen and oxygen atoms in total. The molecule has 0 aliphatic rings. The first-order valence-electron chi connectivity index (χ1n) is 4.51. The maximum atomic E-state index is 11.6. The van der Waals surface area contributed by atoms with E-state index in [2.05, 4.69) is 9.47 Å². The molecule has 1 unspecified atom stereocenters. The maximum absolute atomic E-state index is 11.6. The van der Waals surface area contributed by atoms with Gasteiger partial charge in [-0.25, -0.2) is 0 Å². The van der Waals surface area contributed by atoms with Gasteiger partial charge < -0.3 is 15.2 Å². The molecule has 0 aromatic rings. The minimum atomic E-state index is -4.33. The smallest absolute Gasteiger partial charge is 0.411 e. The van der Waals surface area contributed by atoms with Crippen LogP contribution in [0.5, 0.6) is 0 Å². The SMILES string of the molecule is CCOC(=O)C(N)CSCOCC(F)(F)F. The van der Waals surface area contributed by atoms with Gasteiger partial charge in [-0.05, 0) is 6.92 Å². The highest BCUT2D eigenvalue weighted by atomic mass is 32.2. The molecule has 96 valence electrons. The molecule has 0 aromatic heterocycles. The molecular weight excluding hydrogens is 247 g/mol. The van der Waals surface area contributed by atoms with Gasteiger partial charge in [-0.3, -0.25) is 4.79 Å². The van der Waals surface area contributed by atoms with E-state index in [1.54, 1.807) is 6.92 Å². The highest BCUT2D eigenvalue weighted by Gasteiger charge is 2.27. The summed E-state index contributed by atoms with van der Waals surface area (Å²) in [7, 11) is 0. The van der Waals surface area contributed by atoms with Crippen LogP contribution < -0.4 is 5.73 Å². The summed E-state index contributed by atoms with van der Waals surface area (Å²) in [5, 5.41) is 0. The standard InChI is InChI=1S/C8H14F3NO3S/c1-2-15-7(13)6(12)3-16-5-14-4-8(9,10)11/h6H,2-5,12H2,1H3. The number of halogens is 3. The Bertz CT molecular complexity index is 213. The molecule has 0 bridgehead atoms. The summed E-state index contributed by atoms with van der Waals surface area (Å²) in [4.78, 5) is 11.0. The van der Waals surface area contributed by atoms with Crippen LogP contribution in [0.25, 0.3) is 0 Å². The maximum Gasteiger partial charge on any atom is 0.411 e. The van der Waals surface area contributed by atoms with Gasteiger partial charge in [0.05, 0.1) is 12.5 Å². The van der Waals surface area contributed by atoms with E-state index in [4.69, 9.17) is 5.73 Å². The normalized spacial score (nSPS) is 13.6. The monoisotopic (exact) mass is 261 g/mol. The number of thioether (sulfide) groups is 1. The summed E-state index contributed by atoms with van der Waals surface area (Å²) in [5.41, 5.74) is 5.40. The van der Waals surface area contributed by atoms with Crippen LogP contribution in [0.4, 0.5) is 13.2 Å². The highest BCUT2D eigenvalue weighted by Crippen LogP contribution is 2.15. The molecule has 0 fully saturated rings. The fourth-order valence-corrected chi connectivity index (χ4v) is 1.40. The molecule has 0 saturated carbocycles. The quantitative estimate of drug-likeness (QED) is 0.423. The molecule has 8 heteroatoms. The van der Waals surface area contributed by atoms with Gasteiger partial charge in [0.1, 0.15) is 12.6 Å². The third-order valence-electron chi connectivity index (χ3n) is 1.32. The number of carbonyl (C=O) groups is 1. The lowest BCUT2D eigenvalue weighted by atomic mass is 10.4. The predicted molar refractivity (Wildman–Crippen MR) is 53.9 cm³/mol. The fraction of sp³-hybridized carbons (Fsp3) is 0.875. The van der Waals surface area contributed by atoms with Gasteiger partial charge in [-0.1, -0.05) is 0 Å². The number of nitrogens with two attached hydrogens (primary N) is 1. The molecule has 1 atom stereocenters. The first-order chi connectivity index (χ1) is 7.37. The molecule has 16 heavy (non-hydrogen) atoms. The average Bonchev–Trinajstić information content (AvgIpc) is 2.15. The van der Waals surface area contributed by atoms with Crippen molar-refractivity contribution in [3.63, 3.8) is 0 Å². The largest absolute Gasteiger partial charge is 0.465 e. The van der Waals surface area contributed by atoms with Gasteiger partial charge >= 0.3 is 12.1 Å². The van der Waals surface area contributed by atoms with Gasteiger partial charge in [0.15, 0.2) is 0 Å². The summed E-state index contributed by atoms with van der Waals surface area (Å²) in [5.74, 6) is -0.561. The average molecular weight is 261 g/mol. The number of ether oxygens (including phenoxy) is 2. The van der Waals surface area contributed by atoms with Crippen molar-refractivity contribution in [2.45, 2.75) is 19.1 Å². The lowest BCUT2D eigenvalue weighted by molar-refractivity contribution is -0.168. The Morgan fingerprint density at radius 2 is 2.12 bits per heavy atom. The third-order valence-corrected chi connectivity index (χ3v) is 2.25. The summed E-state index contributed by atoms with van der Waals surface area (Å²) >= 11 is 1.01. The zero-order chi connectivity index (χ0) is 12.6. The third kappa shape index (κ3) is 8.81. The number of carbonyl (C=O) groups excluding carboxylic acids is 1. The van der Waals surface area contributed by atoms with Crippen LogP contribution >= 0.6 is 11.8 Å². The predicted octanol–water partition coefficient (Wildman–Crippen LogP) is 1.15. The van der Waals surface area contributed by atoms with Crippen LogP contribution in [0.1, 0.15) is 6.92 Å². The van der Waals surface area contributed by atoms with E-state index in [0.717, 1.165) is 11.8 Å². The van der Waals surface area contributed by atoms with Gasteiger partial charge in [0, 0.05) is 5.75 Å². The van der Waals surface area contributed by atoms with E-state index >= 15 is 0 Å². The van der Waals surface area contributed by atoms with E-state index in [1.165, 1.54) is 0 Å². The zero-order valence-electron chi connectivity index (χ0n) is 8.75. The summed E-state index contributed by atoms with van der Waals surface area (Å²) < 4.78 is 43.8. The van der Waals surface area contributed by atoms with Crippen LogP contribution in [0, 0.1) is 0 Å². The molecule has 0 radical (unpaired) electrons. The Morgan fingerprint density at radius 1 is 1.50 bits per heavy atom. The first-order valence-corrected chi connectivity index (χ1v) is 5.66. The minimum absolute atomic E-state index is 0.160. The molecular formula is C8H14F3NO3S. The van der Waals surface area contributed by atoms with Gasteiger partial charge in [-0.15, -0.1) is 11.8 Å². The van der Waals surface area contributed by atoms with Crippen LogP contribution in [0.2, 0.25) is 0 Å². The Balaban J connectivity index is 3.48. The van der Waals surface area contributed by atoms with Gasteiger partial charge in [0.2, 0.25) is 0 Å². The Hall–Kier alpha value is -0.470. The lowest BCUT2D eigenvalue weighted by Gasteiger charge is -2.10. The van der Waals surface area contributed by atoms with Crippen molar-refractivity contribution in [3.8, 4) is 0 Å². The topological polar surface area (TPSA) is 61.5 Å². The van der Waals surface area contributed by atoms with Crippen molar-refractivity contribution < 1.29 is 27.4 Å². The molecule has 0 saturated heterocycles. The molecule has 2 N–H and O–H groups in total. The van der Waals surface area contributed by atoms with Crippen molar-refractivity contribution in [2.75, 3.05) is 24.9 Å². The van der Waals surface area contributed by atoms with Crippen molar-refractivity contribution in [2.24, 2.45) is 5.73 Å². The van der Waals surface area contributed by atoms with Gasteiger partial charge in [0.25, 0.3) is 0 Å². The number of esters is 1. The van der Waals surface area contributed by atoms with E-state index in [0.29, 0.717) is 0 Å². The van der Waals surface area contributed by atoms with Crippen LogP contribution in [0.15, 0.2) is 0 Å². The second-order valence-corrected chi connectivity index (χ2v) is 3.79. The van der Waals surface area contributed by atoms with E-state index in [9.17, 15) is 18.0 Å². The second-order valence-electron chi connectivity index (χ2n) is 2.81. The van der Waals surface area contributed by atoms with Gasteiger partial charge in [-0.2, -0.15) is 13.2 Å². The Morgan fingerprint density at radius 3 is 2.62 bits per heavy atom. The van der Waals surface area contributed by atoms with Crippen molar-refractivity contribution in [3.05, 3.63) is 0 Å². The summed E-state index contributed by atoms with van der Waals surface area (Å²) in [6, 6.07) is -0.834. The zero-order valence-corrected chi connectivity index (χ0v) is 9.57. The van der Waals surface area contributed by atoms with E-state index in [1.807, 2.05) is 0 Å². The molecule has 0 aromatic carbocycles. The number of alkyl halides is 3. The number of rotatable bonds is 7. The molecule has 0 amide bonds. The number of hydrogen-bond acceptors (Lipinski definition) is 5. The first kappa shape index (κ1) is 15.5. The minimum Gasteiger partial charge on any atom is -0.465 e. The van der Waals surface area contributed by atoms with E-state index < -0.39 is 24.8 Å². The van der Waals surface area contributed by atoms with Crippen LogP contribution in [-0.4, -0.2) is 43.1 Å². The molecule has 0 spiro atoms. The highest BCUT2D eigenvalue weighted by molar-refractivity contribution is 7.99. The second kappa shape index (κ2) is 7.75. The fourth-order valence-electron chi connectivity index (χ4n) is 0.709. The Labute approximate surface area is 95.6 Å². The molecule has 0 heterocycles. The van der Waals surface area contributed by atoms with Crippen molar-refractivity contribution in [1.82, 2.24) is 0 Å². The van der Waals surface area contributed by atoms with Crippen molar-refractivity contribution >= 4 is 17.7 Å². The summed E-state index contributed by atoms with van der Waals surface area (Å²) in [6.07, 6.45) is -4.33. The lowest BCUT2D eigenvalue weighted by Crippen LogP contribution is -2.34. The van der Waals surface area contributed by atoms with Crippen LogP contribution in [0.3, 0.4) is 0 Å². The molecule has 0 aliphatic heterocycles. The van der Waals surface area contributed by atoms with Crippen LogP contribution in [-0.2, 0) is 14.3 Å². The number of hydrogen-bond donors (Lipinski definition) is 1.